The number of aliphatic hydroxyl groups excluding tert-OH is 1. The zero-order chi connectivity index (χ0) is 22.3. The first-order chi connectivity index (χ1) is 15.5. The Morgan fingerprint density at radius 1 is 1.25 bits per heavy atom. The summed E-state index contributed by atoms with van der Waals surface area (Å²) in [7, 11) is -1.17. The summed E-state index contributed by atoms with van der Waals surface area (Å²) in [6.45, 7) is 0.854. The fourth-order valence-corrected chi connectivity index (χ4v) is 6.40. The van der Waals surface area contributed by atoms with Crippen molar-refractivity contribution in [1.29, 1.82) is 0 Å². The lowest BCUT2D eigenvalue weighted by Gasteiger charge is -2.42. The highest BCUT2D eigenvalue weighted by Gasteiger charge is 2.39. The van der Waals surface area contributed by atoms with Gasteiger partial charge in [-0.2, -0.15) is 4.98 Å². The molecule has 3 aliphatic rings. The molecule has 0 radical (unpaired) electrons. The quantitative estimate of drug-likeness (QED) is 0.679. The second kappa shape index (κ2) is 8.88. The van der Waals surface area contributed by atoms with Gasteiger partial charge in [0, 0.05) is 23.2 Å². The van der Waals surface area contributed by atoms with Gasteiger partial charge in [-0.05, 0) is 56.2 Å². The maximum Gasteiger partial charge on any atom is 0.227 e. The summed E-state index contributed by atoms with van der Waals surface area (Å²) in [6.07, 6.45) is 3.89. The molecule has 0 spiro atoms. The van der Waals surface area contributed by atoms with Crippen LogP contribution in [0, 0.1) is 0 Å². The summed E-state index contributed by atoms with van der Waals surface area (Å²) in [5.74, 6) is 1.44. The molecule has 0 amide bonds. The van der Waals surface area contributed by atoms with Crippen LogP contribution in [-0.2, 0) is 17.2 Å². The summed E-state index contributed by atoms with van der Waals surface area (Å²) < 4.78 is 28.0. The molecule has 1 aromatic carbocycles. The molecule has 3 heterocycles. The molecule has 2 aliphatic heterocycles. The Morgan fingerprint density at radius 2 is 2.03 bits per heavy atom. The van der Waals surface area contributed by atoms with Crippen LogP contribution in [0.1, 0.15) is 49.3 Å². The van der Waals surface area contributed by atoms with Gasteiger partial charge in [0.25, 0.3) is 0 Å². The molecule has 32 heavy (non-hydrogen) atoms. The maximum absolute atomic E-state index is 15.2. The summed E-state index contributed by atoms with van der Waals surface area (Å²) in [5, 5.41) is 14.0. The molecule has 2 fully saturated rings. The van der Waals surface area contributed by atoms with E-state index in [1.807, 2.05) is 17.0 Å². The van der Waals surface area contributed by atoms with Gasteiger partial charge in [0.1, 0.15) is 16.9 Å². The van der Waals surface area contributed by atoms with E-state index in [1.54, 1.807) is 12.1 Å². The first-order valence-electron chi connectivity index (χ1n) is 11.3. The summed E-state index contributed by atoms with van der Waals surface area (Å²) in [5.41, 5.74) is 1.33. The van der Waals surface area contributed by atoms with Gasteiger partial charge in [0.2, 0.25) is 5.95 Å². The predicted molar refractivity (Wildman–Crippen MR) is 125 cm³/mol. The van der Waals surface area contributed by atoms with E-state index >= 15 is 4.39 Å². The van der Waals surface area contributed by atoms with Crippen LogP contribution >= 0.6 is 11.6 Å². The number of aromatic nitrogens is 2. The van der Waals surface area contributed by atoms with E-state index < -0.39 is 22.5 Å². The average Bonchev–Trinajstić information content (AvgIpc) is 2.77. The first-order valence-corrected chi connectivity index (χ1v) is 13.0. The SMILES string of the molecule is O=S1CCCc2nc(N3CCC(c4ccc(Cl)cc4)C(F)C3)nc(NC3(CO)CCC3)c21. The van der Waals surface area contributed by atoms with Crippen molar-refractivity contribution >= 4 is 34.2 Å². The number of alkyl halides is 1. The van der Waals surface area contributed by atoms with Crippen LogP contribution in [0.2, 0.25) is 5.02 Å². The molecule has 3 atom stereocenters. The van der Waals surface area contributed by atoms with Crippen LogP contribution in [0.5, 0.6) is 0 Å². The molecule has 2 N–H and O–H groups in total. The van der Waals surface area contributed by atoms with E-state index in [1.165, 1.54) is 0 Å². The second-order valence-electron chi connectivity index (χ2n) is 9.13. The van der Waals surface area contributed by atoms with Crippen LogP contribution in [0.15, 0.2) is 29.2 Å². The van der Waals surface area contributed by atoms with Gasteiger partial charge in [-0.15, -0.1) is 0 Å². The number of halogens is 2. The number of rotatable bonds is 5. The Bertz CT molecular complexity index is 1010. The molecule has 1 aliphatic carbocycles. The van der Waals surface area contributed by atoms with Crippen LogP contribution in [0.3, 0.4) is 0 Å². The van der Waals surface area contributed by atoms with Gasteiger partial charge in [-0.3, -0.25) is 4.21 Å². The third kappa shape index (κ3) is 4.13. The monoisotopic (exact) mass is 478 g/mol. The number of nitrogens with one attached hydrogen (secondary N) is 1. The fourth-order valence-electron chi connectivity index (χ4n) is 4.94. The Balaban J connectivity index is 1.42. The van der Waals surface area contributed by atoms with Gasteiger partial charge < -0.3 is 15.3 Å². The molecule has 1 aromatic heterocycles. The Hall–Kier alpha value is -1.77. The predicted octanol–water partition coefficient (Wildman–Crippen LogP) is 3.84. The lowest BCUT2D eigenvalue weighted by molar-refractivity contribution is 0.143. The third-order valence-corrected chi connectivity index (χ3v) is 8.81. The van der Waals surface area contributed by atoms with Crippen molar-refractivity contribution in [3.8, 4) is 0 Å². The van der Waals surface area contributed by atoms with Gasteiger partial charge in [0.15, 0.2) is 0 Å². The first kappa shape index (κ1) is 22.0. The van der Waals surface area contributed by atoms with E-state index in [-0.39, 0.29) is 19.1 Å². The molecule has 2 aromatic rings. The van der Waals surface area contributed by atoms with Crippen LogP contribution in [-0.4, -0.2) is 56.4 Å². The van der Waals surface area contributed by atoms with Crippen molar-refractivity contribution in [3.63, 3.8) is 0 Å². The van der Waals surface area contributed by atoms with Crippen LogP contribution in [0.4, 0.5) is 16.2 Å². The third-order valence-electron chi connectivity index (χ3n) is 7.01. The molecule has 0 bridgehead atoms. The van der Waals surface area contributed by atoms with Gasteiger partial charge in [-0.1, -0.05) is 23.7 Å². The van der Waals surface area contributed by atoms with E-state index in [0.29, 0.717) is 40.4 Å². The number of hydrogen-bond donors (Lipinski definition) is 2. The minimum atomic E-state index is -1.17. The molecule has 3 unspecified atom stereocenters. The van der Waals surface area contributed by atoms with E-state index in [0.717, 1.165) is 43.4 Å². The topological polar surface area (TPSA) is 78.4 Å². The Morgan fingerprint density at radius 3 is 2.69 bits per heavy atom. The average molecular weight is 479 g/mol. The highest BCUT2D eigenvalue weighted by molar-refractivity contribution is 7.85. The van der Waals surface area contributed by atoms with Crippen molar-refractivity contribution in [2.75, 3.05) is 35.7 Å². The normalized spacial score (nSPS) is 26.8. The van der Waals surface area contributed by atoms with E-state index in [4.69, 9.17) is 21.6 Å². The molecule has 1 saturated carbocycles. The van der Waals surface area contributed by atoms with Crippen molar-refractivity contribution in [3.05, 3.63) is 40.5 Å². The minimum absolute atomic E-state index is 0.00673. The molecule has 172 valence electrons. The molecule has 6 nitrogen and oxygen atoms in total. The maximum atomic E-state index is 15.2. The van der Waals surface area contributed by atoms with Gasteiger partial charge in [0.05, 0.1) is 35.2 Å². The number of aliphatic hydroxyl groups is 1. The van der Waals surface area contributed by atoms with E-state index in [2.05, 4.69) is 5.32 Å². The van der Waals surface area contributed by atoms with Crippen molar-refractivity contribution in [1.82, 2.24) is 9.97 Å². The Labute approximate surface area is 195 Å². The number of anilines is 2. The number of piperidine rings is 1. The Kier molecular flexibility index (Phi) is 6.11. The summed E-state index contributed by atoms with van der Waals surface area (Å²) >= 11 is 5.98. The van der Waals surface area contributed by atoms with Crippen LogP contribution in [0.25, 0.3) is 0 Å². The van der Waals surface area contributed by atoms with Crippen molar-refractivity contribution < 1.29 is 13.7 Å². The standard InChI is InChI=1S/C23H28ClFN4O2S/c24-16-6-4-15(5-7-16)17-8-11-29(13-18(17)25)22-26-19-3-1-12-32(31)20(19)21(27-22)28-23(14-30)9-2-10-23/h4-7,17-18,30H,1-3,8-14H2,(H,26,27,28). The number of fused-ring (bicyclic) bond motifs is 1. The van der Waals surface area contributed by atoms with Crippen LogP contribution < -0.4 is 10.2 Å². The molecular weight excluding hydrogens is 451 g/mol. The summed E-state index contributed by atoms with van der Waals surface area (Å²) in [4.78, 5) is 12.0. The summed E-state index contributed by atoms with van der Waals surface area (Å²) in [6, 6.07) is 7.40. The lowest BCUT2D eigenvalue weighted by atomic mass is 9.77. The smallest absolute Gasteiger partial charge is 0.227 e. The molecule has 1 saturated heterocycles. The fraction of sp³-hybridized carbons (Fsp3) is 0.565. The van der Waals surface area contributed by atoms with Crippen molar-refractivity contribution in [2.24, 2.45) is 0 Å². The number of benzene rings is 1. The largest absolute Gasteiger partial charge is 0.394 e. The highest BCUT2D eigenvalue weighted by atomic mass is 35.5. The number of nitrogens with zero attached hydrogens (tertiary/aromatic N) is 3. The second-order valence-corrected chi connectivity index (χ2v) is 11.1. The van der Waals surface area contributed by atoms with E-state index in [9.17, 15) is 9.32 Å². The van der Waals surface area contributed by atoms with Gasteiger partial charge in [-0.25, -0.2) is 9.37 Å². The molecular formula is C23H28ClFN4O2S. The minimum Gasteiger partial charge on any atom is -0.394 e. The number of hydrogen-bond acceptors (Lipinski definition) is 6. The van der Waals surface area contributed by atoms with Crippen molar-refractivity contribution in [2.45, 2.75) is 61.0 Å². The molecule has 5 rings (SSSR count). The zero-order valence-electron chi connectivity index (χ0n) is 17.9. The zero-order valence-corrected chi connectivity index (χ0v) is 19.5. The highest BCUT2D eigenvalue weighted by Crippen LogP contribution is 2.39. The number of aryl methyl sites for hydroxylation is 1. The molecule has 9 heteroatoms. The van der Waals surface area contributed by atoms with Gasteiger partial charge >= 0.3 is 0 Å². The lowest BCUT2D eigenvalue weighted by Crippen LogP contribution is -2.49.